The molecule has 146 valence electrons. The second kappa shape index (κ2) is 6.59. The van der Waals surface area contributed by atoms with E-state index in [9.17, 15) is 4.79 Å². The molecule has 5 nitrogen and oxygen atoms in total. The lowest BCUT2D eigenvalue weighted by molar-refractivity contribution is -0.137. The Bertz CT molecular complexity index is 949. The van der Waals surface area contributed by atoms with Crippen molar-refractivity contribution in [3.8, 4) is 11.5 Å². The van der Waals surface area contributed by atoms with Gasteiger partial charge in [0.2, 0.25) is 5.72 Å². The summed E-state index contributed by atoms with van der Waals surface area (Å²) in [5, 5.41) is 9.09. The fourth-order valence-electron chi connectivity index (χ4n) is 4.38. The number of aliphatic carboxylic acids is 1. The van der Waals surface area contributed by atoms with Crippen LogP contribution in [0.2, 0.25) is 0 Å². The van der Waals surface area contributed by atoms with E-state index in [1.54, 1.807) is 7.11 Å². The van der Waals surface area contributed by atoms with Gasteiger partial charge in [-0.05, 0) is 62.2 Å². The van der Waals surface area contributed by atoms with Crippen LogP contribution in [0, 0.1) is 0 Å². The lowest BCUT2D eigenvalue weighted by atomic mass is 9.76. The lowest BCUT2D eigenvalue weighted by Gasteiger charge is -2.47. The van der Waals surface area contributed by atoms with Crippen LogP contribution in [0.1, 0.15) is 37.8 Å². The number of hydrogen-bond acceptors (Lipinski definition) is 4. The molecule has 0 bridgehead atoms. The third-order valence-electron chi connectivity index (χ3n) is 5.91. The second-order valence-corrected chi connectivity index (χ2v) is 7.83. The zero-order chi connectivity index (χ0) is 19.9. The van der Waals surface area contributed by atoms with Gasteiger partial charge in [-0.3, -0.25) is 4.79 Å². The van der Waals surface area contributed by atoms with Gasteiger partial charge in [0.25, 0.3) is 0 Å². The molecule has 0 fully saturated rings. The molecule has 28 heavy (non-hydrogen) atoms. The molecule has 0 amide bonds. The van der Waals surface area contributed by atoms with Crippen LogP contribution < -0.4 is 14.4 Å². The predicted molar refractivity (Wildman–Crippen MR) is 109 cm³/mol. The van der Waals surface area contributed by atoms with Crippen molar-refractivity contribution in [2.45, 2.75) is 37.8 Å². The first kappa shape index (κ1) is 18.4. The standard InChI is InChI=1S/C23H25NO4/c1-22(2)18-7-4-5-8-19(18)24(14-6-9-21(25)26)23(22)13-12-16-15-17(27-3)10-11-20(16)28-23/h4-5,7-8,10-13,15H,6,9,14H2,1-3H3,(H,25,26). The average molecular weight is 379 g/mol. The number of carboxylic acid groups (broad SMARTS) is 1. The van der Waals surface area contributed by atoms with Crippen LogP contribution >= 0.6 is 0 Å². The van der Waals surface area contributed by atoms with Gasteiger partial charge in [0.05, 0.1) is 12.5 Å². The van der Waals surface area contributed by atoms with Gasteiger partial charge in [-0.1, -0.05) is 18.2 Å². The van der Waals surface area contributed by atoms with Gasteiger partial charge >= 0.3 is 5.97 Å². The van der Waals surface area contributed by atoms with Crippen molar-refractivity contribution in [3.05, 3.63) is 59.7 Å². The third kappa shape index (κ3) is 2.65. The van der Waals surface area contributed by atoms with Crippen molar-refractivity contribution < 1.29 is 19.4 Å². The number of carbonyl (C=O) groups is 1. The molecule has 2 aliphatic rings. The van der Waals surface area contributed by atoms with E-state index in [-0.39, 0.29) is 11.8 Å². The molecule has 4 rings (SSSR count). The Kier molecular flexibility index (Phi) is 4.33. The Morgan fingerprint density at radius 3 is 2.75 bits per heavy atom. The van der Waals surface area contributed by atoms with Gasteiger partial charge in [0, 0.05) is 24.2 Å². The summed E-state index contributed by atoms with van der Waals surface area (Å²) in [5.74, 6) is 0.806. The normalized spacial score (nSPS) is 21.2. The minimum atomic E-state index is -0.779. The maximum atomic E-state index is 11.1. The molecular weight excluding hydrogens is 354 g/mol. The van der Waals surface area contributed by atoms with E-state index in [1.165, 1.54) is 5.56 Å². The smallest absolute Gasteiger partial charge is 0.303 e. The number of methoxy groups -OCH3 is 1. The first-order valence-electron chi connectivity index (χ1n) is 9.54. The van der Waals surface area contributed by atoms with E-state index in [0.29, 0.717) is 13.0 Å². The molecule has 0 aliphatic carbocycles. The number of para-hydroxylation sites is 1. The second-order valence-electron chi connectivity index (χ2n) is 7.83. The summed E-state index contributed by atoms with van der Waals surface area (Å²) in [6.07, 6.45) is 4.87. The number of ether oxygens (including phenoxy) is 2. The molecule has 1 N–H and O–H groups in total. The number of anilines is 1. The Hall–Kier alpha value is -2.95. The SMILES string of the molecule is COc1ccc2c(c1)C=CC1(O2)N(CCCC(=O)O)c2ccccc2C1(C)C. The number of rotatable bonds is 5. The molecule has 1 atom stereocenters. The van der Waals surface area contributed by atoms with Gasteiger partial charge < -0.3 is 19.5 Å². The molecule has 0 saturated carbocycles. The number of hydrogen-bond donors (Lipinski definition) is 1. The average Bonchev–Trinajstić information content (AvgIpc) is 2.86. The molecule has 1 spiro atoms. The molecule has 0 saturated heterocycles. The van der Waals surface area contributed by atoms with E-state index < -0.39 is 11.7 Å². The Morgan fingerprint density at radius 1 is 1.21 bits per heavy atom. The quantitative estimate of drug-likeness (QED) is 0.831. The molecule has 2 heterocycles. The van der Waals surface area contributed by atoms with E-state index in [2.05, 4.69) is 43.0 Å². The van der Waals surface area contributed by atoms with Crippen molar-refractivity contribution >= 4 is 17.7 Å². The van der Waals surface area contributed by atoms with Crippen LogP contribution in [-0.2, 0) is 10.2 Å². The van der Waals surface area contributed by atoms with Crippen molar-refractivity contribution in [2.24, 2.45) is 0 Å². The summed E-state index contributed by atoms with van der Waals surface area (Å²) in [6, 6.07) is 14.1. The Labute approximate surface area is 165 Å². The fraction of sp³-hybridized carbons (Fsp3) is 0.348. The number of nitrogens with zero attached hydrogens (tertiary/aromatic N) is 1. The van der Waals surface area contributed by atoms with E-state index in [1.807, 2.05) is 30.3 Å². The number of carboxylic acids is 1. The third-order valence-corrected chi connectivity index (χ3v) is 5.91. The first-order chi connectivity index (χ1) is 13.4. The number of fused-ring (bicyclic) bond motifs is 2. The monoisotopic (exact) mass is 379 g/mol. The van der Waals surface area contributed by atoms with Gasteiger partial charge in [0.1, 0.15) is 11.5 Å². The van der Waals surface area contributed by atoms with Crippen LogP contribution in [0.5, 0.6) is 11.5 Å². The summed E-state index contributed by atoms with van der Waals surface area (Å²) >= 11 is 0. The van der Waals surface area contributed by atoms with Gasteiger partial charge in [-0.15, -0.1) is 0 Å². The summed E-state index contributed by atoms with van der Waals surface area (Å²) < 4.78 is 12.0. The fourth-order valence-corrected chi connectivity index (χ4v) is 4.38. The minimum Gasteiger partial charge on any atom is -0.497 e. The van der Waals surface area contributed by atoms with Gasteiger partial charge in [0.15, 0.2) is 0 Å². The first-order valence-corrected chi connectivity index (χ1v) is 9.54. The minimum absolute atomic E-state index is 0.132. The van der Waals surface area contributed by atoms with E-state index >= 15 is 0 Å². The zero-order valence-electron chi connectivity index (χ0n) is 16.4. The molecule has 5 heteroatoms. The molecular formula is C23H25NO4. The summed E-state index contributed by atoms with van der Waals surface area (Å²) in [6.45, 7) is 4.96. The van der Waals surface area contributed by atoms with Crippen LogP contribution in [0.25, 0.3) is 6.08 Å². The van der Waals surface area contributed by atoms with Crippen LogP contribution in [-0.4, -0.2) is 30.5 Å². The van der Waals surface area contributed by atoms with Crippen LogP contribution in [0.4, 0.5) is 5.69 Å². The summed E-state index contributed by atoms with van der Waals surface area (Å²) in [5.41, 5.74) is 2.24. The van der Waals surface area contributed by atoms with Gasteiger partial charge in [-0.25, -0.2) is 0 Å². The highest BCUT2D eigenvalue weighted by Crippen LogP contribution is 2.55. The zero-order valence-corrected chi connectivity index (χ0v) is 16.4. The van der Waals surface area contributed by atoms with E-state index in [0.717, 1.165) is 22.7 Å². The number of benzene rings is 2. The van der Waals surface area contributed by atoms with Crippen molar-refractivity contribution in [1.29, 1.82) is 0 Å². The summed E-state index contributed by atoms with van der Waals surface area (Å²) in [7, 11) is 1.65. The van der Waals surface area contributed by atoms with E-state index in [4.69, 9.17) is 14.6 Å². The molecule has 1 unspecified atom stereocenters. The molecule has 2 aromatic carbocycles. The predicted octanol–water partition coefficient (Wildman–Crippen LogP) is 4.46. The molecule has 0 aromatic heterocycles. The molecule has 2 aliphatic heterocycles. The maximum Gasteiger partial charge on any atom is 0.303 e. The highest BCUT2D eigenvalue weighted by Gasteiger charge is 2.58. The van der Waals surface area contributed by atoms with Crippen LogP contribution in [0.3, 0.4) is 0 Å². The van der Waals surface area contributed by atoms with Gasteiger partial charge in [-0.2, -0.15) is 0 Å². The lowest BCUT2D eigenvalue weighted by Crippen LogP contribution is -2.59. The largest absolute Gasteiger partial charge is 0.497 e. The highest BCUT2D eigenvalue weighted by atomic mass is 16.5. The Balaban J connectivity index is 1.78. The van der Waals surface area contributed by atoms with Crippen LogP contribution in [0.15, 0.2) is 48.5 Å². The molecule has 0 radical (unpaired) electrons. The maximum absolute atomic E-state index is 11.1. The topological polar surface area (TPSA) is 59.0 Å². The van der Waals surface area contributed by atoms with Crippen molar-refractivity contribution in [1.82, 2.24) is 0 Å². The van der Waals surface area contributed by atoms with Crippen molar-refractivity contribution in [2.75, 3.05) is 18.6 Å². The molecule has 2 aromatic rings. The summed E-state index contributed by atoms with van der Waals surface area (Å²) in [4.78, 5) is 13.3. The van der Waals surface area contributed by atoms with Crippen molar-refractivity contribution in [3.63, 3.8) is 0 Å². The highest BCUT2D eigenvalue weighted by molar-refractivity contribution is 5.73. The Morgan fingerprint density at radius 2 is 2.00 bits per heavy atom.